The van der Waals surface area contributed by atoms with E-state index in [0.717, 1.165) is 14.7 Å². The number of allylic oxidation sites excluding steroid dienone is 2. The lowest BCUT2D eigenvalue weighted by Crippen LogP contribution is -2.63. The minimum absolute atomic E-state index is 0.00475. The van der Waals surface area contributed by atoms with Crippen LogP contribution in [-0.2, 0) is 57.5 Å². The molecular weight excluding hydrogens is 1150 g/mol. The first-order chi connectivity index (χ1) is 41.3. The number of alkyl halides is 1. The summed E-state index contributed by atoms with van der Waals surface area (Å²) in [7, 11) is 9.67. The largest absolute Gasteiger partial charge is 0.390 e. The third kappa shape index (κ3) is 23.2. The Hall–Kier alpha value is -6.24. The van der Waals surface area contributed by atoms with Gasteiger partial charge in [-0.3, -0.25) is 57.1 Å². The van der Waals surface area contributed by atoms with Crippen LogP contribution in [0.25, 0.3) is 0 Å². The van der Waals surface area contributed by atoms with Gasteiger partial charge in [-0.05, 0) is 108 Å². The predicted molar refractivity (Wildman–Crippen MR) is 340 cm³/mol. The van der Waals surface area contributed by atoms with Gasteiger partial charge in [0.1, 0.15) is 60.4 Å². The molecule has 0 unspecified atom stereocenters. The van der Waals surface area contributed by atoms with Crippen LogP contribution in [0.15, 0.2) is 12.2 Å². The lowest BCUT2D eigenvalue weighted by Gasteiger charge is -2.41. The summed E-state index contributed by atoms with van der Waals surface area (Å²) in [6.45, 7) is 26.1. The Balaban J connectivity index is 4.38. The van der Waals surface area contributed by atoms with E-state index in [1.165, 1.54) is 89.7 Å². The molecule has 1 saturated heterocycles. The number of hydrogen-bond donors (Lipinski definition) is 5. The second-order valence-corrected chi connectivity index (χ2v) is 26.4. The molecule has 1 aliphatic rings. The van der Waals surface area contributed by atoms with Crippen LogP contribution in [0.5, 0.6) is 0 Å². The van der Waals surface area contributed by atoms with Gasteiger partial charge in [0.15, 0.2) is 0 Å². The molecule has 89 heavy (non-hydrogen) atoms. The van der Waals surface area contributed by atoms with Gasteiger partial charge >= 0.3 is 0 Å². The number of aliphatic hydroxyl groups is 1. The Bertz CT molecular complexity index is 2410. The third-order valence-electron chi connectivity index (χ3n) is 16.7. The number of nitrogens with one attached hydrogen (secondary N) is 4. The molecule has 0 radical (unpaired) electrons. The first kappa shape index (κ1) is 80.8. The number of aliphatic hydroxyl groups excluding tert-OH is 1. The van der Waals surface area contributed by atoms with Crippen LogP contribution >= 0.6 is 0 Å². The first-order valence-electron chi connectivity index (χ1n) is 31.8. The lowest BCUT2D eigenvalue weighted by atomic mass is 9.91. The monoisotopic (exact) mass is 1260 g/mol. The van der Waals surface area contributed by atoms with Crippen LogP contribution in [0.2, 0.25) is 0 Å². The second kappa shape index (κ2) is 37.8. The van der Waals surface area contributed by atoms with Crippen molar-refractivity contribution in [1.82, 2.24) is 55.6 Å². The summed E-state index contributed by atoms with van der Waals surface area (Å²) in [4.78, 5) is 169. The Kier molecular flexibility index (Phi) is 34.3. The minimum atomic E-state index is -1.65. The van der Waals surface area contributed by atoms with Crippen LogP contribution in [0.1, 0.15) is 156 Å². The van der Waals surface area contributed by atoms with E-state index in [0.29, 0.717) is 0 Å². The van der Waals surface area contributed by atoms with Crippen LogP contribution in [0.4, 0.5) is 4.39 Å². The van der Waals surface area contributed by atoms with Gasteiger partial charge in [0.25, 0.3) is 0 Å². The maximum Gasteiger partial charge on any atom is 0.246 e. The highest BCUT2D eigenvalue weighted by Gasteiger charge is 2.46. The number of unbranched alkanes of at least 4 members (excludes halogenated alkanes) is 1. The molecule has 5 N–H and O–H groups in total. The van der Waals surface area contributed by atoms with E-state index >= 15 is 9.59 Å². The fraction of sp³-hybridized carbons (Fsp3) is 0.797. The average Bonchev–Trinajstić information content (AvgIpc) is 0.987. The molecule has 0 aliphatic carbocycles. The normalized spacial score (nSPS) is 26.5. The molecule has 1 rings (SSSR count). The number of hydrogen-bond acceptors (Lipinski definition) is 13. The molecule has 0 aromatic heterocycles. The molecule has 0 spiro atoms. The molecule has 0 aromatic rings. The average molecular weight is 1260 g/mol. The zero-order valence-electron chi connectivity index (χ0n) is 58.0. The van der Waals surface area contributed by atoms with E-state index in [1.807, 2.05) is 41.5 Å². The van der Waals surface area contributed by atoms with Gasteiger partial charge in [0, 0.05) is 55.9 Å². The van der Waals surface area contributed by atoms with Crippen LogP contribution in [0, 0.1) is 35.5 Å². The molecule has 0 saturated carbocycles. The predicted octanol–water partition coefficient (Wildman–Crippen LogP) is 3.38. The highest BCUT2D eigenvalue weighted by atomic mass is 19.1. The highest BCUT2D eigenvalue weighted by molar-refractivity contribution is 5.99. The maximum atomic E-state index is 15.2. The smallest absolute Gasteiger partial charge is 0.246 e. The van der Waals surface area contributed by atoms with Crippen molar-refractivity contribution in [3.05, 3.63) is 12.2 Å². The summed E-state index contributed by atoms with van der Waals surface area (Å²) in [5.41, 5.74) is 0. The molecule has 0 bridgehead atoms. The van der Waals surface area contributed by atoms with Gasteiger partial charge in [-0.25, -0.2) is 0 Å². The Morgan fingerprint density at radius 1 is 0.528 bits per heavy atom. The molecule has 1 heterocycles. The van der Waals surface area contributed by atoms with Crippen molar-refractivity contribution in [3.8, 4) is 0 Å². The Morgan fingerprint density at radius 2 is 1.00 bits per heavy atom. The van der Waals surface area contributed by atoms with Gasteiger partial charge < -0.3 is 65.4 Å². The van der Waals surface area contributed by atoms with Crippen LogP contribution in [-0.4, -0.2) is 246 Å². The number of nitrogens with zero attached hydrogens (tertiary/aromatic N) is 7. The summed E-state index contributed by atoms with van der Waals surface area (Å²) < 4.78 is 19.2. The summed E-state index contributed by atoms with van der Waals surface area (Å²) in [6.07, 6.45) is 2.06. The summed E-state index contributed by atoms with van der Waals surface area (Å²) >= 11 is 0. The number of ether oxygens (including phenoxy) is 1. The zero-order valence-corrected chi connectivity index (χ0v) is 58.0. The molecule has 1 fully saturated rings. The minimum Gasteiger partial charge on any atom is -0.390 e. The fourth-order valence-electron chi connectivity index (χ4n) is 11.0. The quantitative estimate of drug-likeness (QED) is 0.0918. The molecule has 0 aromatic carbocycles. The zero-order chi connectivity index (χ0) is 68.8. The van der Waals surface area contributed by atoms with Crippen molar-refractivity contribution in [2.24, 2.45) is 35.5 Å². The van der Waals surface area contributed by atoms with E-state index in [1.54, 1.807) is 60.6 Å². The maximum absolute atomic E-state index is 15.2. The second-order valence-electron chi connectivity index (χ2n) is 26.4. The SMILES string of the molecule is CC=CC[C@@H](C)[C@@H](O)[C@H]1C(=O)N[C@@H](CC)C(=O)N(C)CC(=O)N(C)[C@@H]([C@@H](C)OCCCCF)C(=O)N[C@@H](C(C)C)C(=O)N(C)[C@@H](CC(C)C)C(=O)N[C@@H](C)C(=O)N[C@H](C)C(=O)N(C)[C@@H](CC(C)C)C(=O)N(C)[C@@H](CC(C)C)C(=O)N(C)[C@@H](C(C)C)C(=O)N1C. The molecule has 11 amide bonds. The number of likely N-dealkylation sites (N-methyl/N-ethyl adjacent to an activating group) is 7. The number of halogens is 1. The molecular formula is C64H114FN11O13. The topological polar surface area (TPSA) is 288 Å². The summed E-state index contributed by atoms with van der Waals surface area (Å²) in [6, 6.07) is -13.0. The van der Waals surface area contributed by atoms with E-state index in [-0.39, 0.29) is 69.3 Å². The van der Waals surface area contributed by atoms with Gasteiger partial charge in [-0.2, -0.15) is 0 Å². The molecule has 24 nitrogen and oxygen atoms in total. The van der Waals surface area contributed by atoms with Crippen molar-refractivity contribution in [2.75, 3.05) is 69.2 Å². The van der Waals surface area contributed by atoms with Crippen molar-refractivity contribution >= 4 is 65.0 Å². The number of rotatable bonds is 19. The fourth-order valence-corrected chi connectivity index (χ4v) is 11.0. The van der Waals surface area contributed by atoms with E-state index < -0.39 is 169 Å². The standard InChI is InChI=1S/C64H114FN11O13/c1-24-26-29-41(13)54(78)53-58(82)68-45(25-2)60(84)70(17)35-49(77)74(21)52(44(16)89-31-28-27-30-65)57(81)69-50(39(9)10)63(87)71(18)46(32-36(3)4)56(80)66-42(14)55(79)67-43(15)59(83)72(19)47(33-37(5)6)61(85)73(20)48(34-38(7)8)62(86)75(22)51(40(11)12)64(88)76(53)23/h24,26,36-48,50-54,78H,25,27-35H2,1-23H3,(H,66,80)(H,67,79)(H,68,82)(H,69,81)/t41-,42+,43-,44-,45+,46+,47+,48+,50+,51+,52+,53+,54-/m1/s1. The van der Waals surface area contributed by atoms with E-state index in [4.69, 9.17) is 4.74 Å². The van der Waals surface area contributed by atoms with Crippen LogP contribution in [0.3, 0.4) is 0 Å². The molecule has 1 aliphatic heterocycles. The highest BCUT2D eigenvalue weighted by Crippen LogP contribution is 2.26. The van der Waals surface area contributed by atoms with Gasteiger partial charge in [0.2, 0.25) is 65.0 Å². The summed E-state index contributed by atoms with van der Waals surface area (Å²) in [5, 5.41) is 23.0. The number of amides is 11. The van der Waals surface area contributed by atoms with Crippen molar-refractivity contribution in [3.63, 3.8) is 0 Å². The van der Waals surface area contributed by atoms with Gasteiger partial charge in [-0.15, -0.1) is 0 Å². The number of carbonyl (C=O) groups is 11. The number of carbonyl (C=O) groups excluding carboxylic acids is 11. The molecule has 510 valence electrons. The van der Waals surface area contributed by atoms with E-state index in [9.17, 15) is 52.6 Å². The summed E-state index contributed by atoms with van der Waals surface area (Å²) in [5.74, 6) is -10.4. The van der Waals surface area contributed by atoms with E-state index in [2.05, 4.69) is 21.3 Å². The Labute approximate surface area is 530 Å². The molecule has 13 atom stereocenters. The van der Waals surface area contributed by atoms with Crippen molar-refractivity contribution < 1.29 is 67.0 Å². The van der Waals surface area contributed by atoms with Gasteiger partial charge in [-0.1, -0.05) is 95.2 Å². The Morgan fingerprint density at radius 3 is 1.48 bits per heavy atom. The third-order valence-corrected chi connectivity index (χ3v) is 16.7. The van der Waals surface area contributed by atoms with Crippen molar-refractivity contribution in [2.45, 2.75) is 228 Å². The lowest BCUT2D eigenvalue weighted by molar-refractivity contribution is -0.157. The van der Waals surface area contributed by atoms with Crippen molar-refractivity contribution in [1.29, 1.82) is 0 Å². The first-order valence-corrected chi connectivity index (χ1v) is 31.8. The molecule has 25 heteroatoms. The van der Waals surface area contributed by atoms with Crippen LogP contribution < -0.4 is 21.3 Å². The van der Waals surface area contributed by atoms with Gasteiger partial charge in [0.05, 0.1) is 25.4 Å².